The van der Waals surface area contributed by atoms with Crippen molar-refractivity contribution in [3.8, 4) is 5.75 Å². The molecular formula is C18H18F2N2OS. The lowest BCUT2D eigenvalue weighted by Crippen LogP contribution is -2.42. The molecule has 0 unspecified atom stereocenters. The number of halogens is 2. The summed E-state index contributed by atoms with van der Waals surface area (Å²) >= 11 is 5.32. The third-order valence-electron chi connectivity index (χ3n) is 3.86. The molecule has 1 atom stereocenters. The van der Waals surface area contributed by atoms with Crippen molar-refractivity contribution < 1.29 is 13.5 Å². The highest BCUT2D eigenvalue weighted by atomic mass is 32.1. The van der Waals surface area contributed by atoms with Crippen molar-refractivity contribution in [2.45, 2.75) is 31.9 Å². The van der Waals surface area contributed by atoms with E-state index in [4.69, 9.17) is 17.0 Å². The molecule has 0 saturated carbocycles. The van der Waals surface area contributed by atoms with Crippen LogP contribution in [0.2, 0.25) is 0 Å². The summed E-state index contributed by atoms with van der Waals surface area (Å²) in [5.41, 5.74) is 1.08. The molecule has 1 heterocycles. The summed E-state index contributed by atoms with van der Waals surface area (Å²) in [6, 6.07) is 11.3. The number of anilines is 1. The number of para-hydroxylation sites is 1. The Bertz CT molecular complexity index is 779. The Morgan fingerprint density at radius 3 is 2.67 bits per heavy atom. The van der Waals surface area contributed by atoms with E-state index in [-0.39, 0.29) is 11.6 Å². The molecular weight excluding hydrogens is 330 g/mol. The Morgan fingerprint density at radius 2 is 1.92 bits per heavy atom. The van der Waals surface area contributed by atoms with Crippen molar-refractivity contribution in [2.24, 2.45) is 0 Å². The lowest BCUT2D eigenvalue weighted by atomic mass is 9.90. The first kappa shape index (κ1) is 16.6. The second-order valence-corrected chi connectivity index (χ2v) is 6.79. The van der Waals surface area contributed by atoms with Crippen LogP contribution in [0.15, 0.2) is 42.5 Å². The summed E-state index contributed by atoms with van der Waals surface area (Å²) in [4.78, 5) is 0. The monoisotopic (exact) mass is 348 g/mol. The van der Waals surface area contributed by atoms with E-state index in [0.717, 1.165) is 29.9 Å². The van der Waals surface area contributed by atoms with Gasteiger partial charge in [0.1, 0.15) is 11.4 Å². The van der Waals surface area contributed by atoms with Gasteiger partial charge in [0.2, 0.25) is 0 Å². The van der Waals surface area contributed by atoms with Gasteiger partial charge in [-0.15, -0.1) is 0 Å². The summed E-state index contributed by atoms with van der Waals surface area (Å²) < 4.78 is 32.3. The summed E-state index contributed by atoms with van der Waals surface area (Å²) in [5, 5.41) is 6.47. The number of hydrogen-bond acceptors (Lipinski definition) is 2. The zero-order chi connectivity index (χ0) is 17.3. The molecule has 2 aromatic carbocycles. The number of hydrogen-bond donors (Lipinski definition) is 2. The van der Waals surface area contributed by atoms with Gasteiger partial charge in [0.15, 0.2) is 16.7 Å². The van der Waals surface area contributed by atoms with Crippen LogP contribution < -0.4 is 15.4 Å². The van der Waals surface area contributed by atoms with Crippen LogP contribution >= 0.6 is 12.2 Å². The van der Waals surface area contributed by atoms with E-state index >= 15 is 0 Å². The molecule has 0 aliphatic carbocycles. The maximum absolute atomic E-state index is 13.3. The first-order chi connectivity index (χ1) is 11.3. The summed E-state index contributed by atoms with van der Waals surface area (Å²) in [6.45, 7) is 4.03. The third kappa shape index (κ3) is 3.64. The molecule has 2 N–H and O–H groups in total. The second kappa shape index (κ2) is 6.36. The van der Waals surface area contributed by atoms with E-state index in [1.165, 1.54) is 6.07 Å². The van der Waals surface area contributed by atoms with E-state index < -0.39 is 11.6 Å². The van der Waals surface area contributed by atoms with Crippen LogP contribution in [0.1, 0.15) is 31.9 Å². The summed E-state index contributed by atoms with van der Waals surface area (Å²) in [6.07, 6.45) is 0.726. The Hall–Kier alpha value is -2.21. The normalized spacial score (nSPS) is 18.2. The fourth-order valence-electron chi connectivity index (χ4n) is 2.83. The van der Waals surface area contributed by atoms with E-state index in [9.17, 15) is 8.78 Å². The van der Waals surface area contributed by atoms with Crippen molar-refractivity contribution in [3.63, 3.8) is 0 Å². The molecule has 6 heteroatoms. The molecule has 0 fully saturated rings. The Labute approximate surface area is 145 Å². The van der Waals surface area contributed by atoms with Gasteiger partial charge in [-0.1, -0.05) is 18.2 Å². The molecule has 1 aliphatic rings. The van der Waals surface area contributed by atoms with E-state index in [1.54, 1.807) is 0 Å². The quantitative estimate of drug-likeness (QED) is 0.780. The Kier molecular flexibility index (Phi) is 4.41. The topological polar surface area (TPSA) is 33.3 Å². The molecule has 0 aromatic heterocycles. The van der Waals surface area contributed by atoms with Gasteiger partial charge in [-0.25, -0.2) is 8.78 Å². The number of fused-ring (bicyclic) bond motifs is 1. The van der Waals surface area contributed by atoms with Gasteiger partial charge in [-0.2, -0.15) is 0 Å². The van der Waals surface area contributed by atoms with Crippen LogP contribution in [0, 0.1) is 11.6 Å². The van der Waals surface area contributed by atoms with Crippen molar-refractivity contribution >= 4 is 23.0 Å². The van der Waals surface area contributed by atoms with Crippen LogP contribution in [0.3, 0.4) is 0 Å². The minimum atomic E-state index is -0.916. The highest BCUT2D eigenvalue weighted by molar-refractivity contribution is 7.80. The fourth-order valence-corrected chi connectivity index (χ4v) is 3.09. The first-order valence-electron chi connectivity index (χ1n) is 7.64. The highest BCUT2D eigenvalue weighted by Gasteiger charge is 2.33. The molecule has 2 aromatic rings. The molecule has 0 amide bonds. The van der Waals surface area contributed by atoms with Gasteiger partial charge in [-0.3, -0.25) is 0 Å². The van der Waals surface area contributed by atoms with Crippen LogP contribution in [-0.4, -0.2) is 10.7 Å². The Balaban J connectivity index is 1.75. The third-order valence-corrected chi connectivity index (χ3v) is 4.08. The van der Waals surface area contributed by atoms with Gasteiger partial charge >= 0.3 is 0 Å². The van der Waals surface area contributed by atoms with Crippen LogP contribution in [0.4, 0.5) is 14.5 Å². The highest BCUT2D eigenvalue weighted by Crippen LogP contribution is 2.39. The van der Waals surface area contributed by atoms with Crippen molar-refractivity contribution in [2.75, 3.05) is 5.32 Å². The Morgan fingerprint density at radius 1 is 1.17 bits per heavy atom. The van der Waals surface area contributed by atoms with Crippen LogP contribution in [-0.2, 0) is 0 Å². The minimum Gasteiger partial charge on any atom is -0.487 e. The van der Waals surface area contributed by atoms with Crippen LogP contribution in [0.25, 0.3) is 0 Å². The van der Waals surface area contributed by atoms with E-state index in [0.29, 0.717) is 10.8 Å². The SMILES string of the molecule is CC1(C)C[C@H](NC(=S)Nc2ccc(F)c(F)c2)c2ccccc2O1. The molecule has 0 bridgehead atoms. The minimum absolute atomic E-state index is 0.0322. The lowest BCUT2D eigenvalue weighted by Gasteiger charge is -2.38. The largest absolute Gasteiger partial charge is 0.487 e. The van der Waals surface area contributed by atoms with Gasteiger partial charge in [0.25, 0.3) is 0 Å². The average Bonchev–Trinajstić information content (AvgIpc) is 2.50. The fraction of sp³-hybridized carbons (Fsp3) is 0.278. The number of nitrogens with one attached hydrogen (secondary N) is 2. The molecule has 24 heavy (non-hydrogen) atoms. The number of benzene rings is 2. The summed E-state index contributed by atoms with van der Waals surface area (Å²) in [7, 11) is 0. The van der Waals surface area contributed by atoms with Crippen molar-refractivity contribution in [3.05, 3.63) is 59.7 Å². The van der Waals surface area contributed by atoms with Gasteiger partial charge in [0.05, 0.1) is 6.04 Å². The zero-order valence-electron chi connectivity index (χ0n) is 13.4. The van der Waals surface area contributed by atoms with E-state index in [1.807, 2.05) is 38.1 Å². The van der Waals surface area contributed by atoms with Gasteiger partial charge in [-0.05, 0) is 44.3 Å². The predicted octanol–water partition coefficient (Wildman–Crippen LogP) is 4.55. The van der Waals surface area contributed by atoms with E-state index in [2.05, 4.69) is 10.6 Å². The predicted molar refractivity (Wildman–Crippen MR) is 94.2 cm³/mol. The number of ether oxygens (including phenoxy) is 1. The molecule has 0 saturated heterocycles. The number of thiocarbonyl (C=S) groups is 1. The van der Waals surface area contributed by atoms with Crippen molar-refractivity contribution in [1.29, 1.82) is 0 Å². The van der Waals surface area contributed by atoms with Gasteiger partial charge < -0.3 is 15.4 Å². The molecule has 1 aliphatic heterocycles. The maximum atomic E-state index is 13.3. The standard InChI is InChI=1S/C18H18F2N2OS/c1-18(2)10-15(12-5-3-4-6-16(12)23-18)22-17(24)21-11-7-8-13(19)14(20)9-11/h3-9,15H,10H2,1-2H3,(H2,21,22,24)/t15-/m0/s1. The molecule has 3 rings (SSSR count). The number of rotatable bonds is 2. The van der Waals surface area contributed by atoms with Crippen molar-refractivity contribution in [1.82, 2.24) is 5.32 Å². The smallest absolute Gasteiger partial charge is 0.171 e. The summed E-state index contributed by atoms with van der Waals surface area (Å²) in [5.74, 6) is -0.984. The van der Waals surface area contributed by atoms with Gasteiger partial charge in [0, 0.05) is 23.7 Å². The molecule has 3 nitrogen and oxygen atoms in total. The lowest BCUT2D eigenvalue weighted by molar-refractivity contribution is 0.0697. The molecule has 0 radical (unpaired) electrons. The zero-order valence-corrected chi connectivity index (χ0v) is 14.2. The molecule has 0 spiro atoms. The second-order valence-electron chi connectivity index (χ2n) is 6.38. The molecule has 126 valence electrons. The maximum Gasteiger partial charge on any atom is 0.171 e. The van der Waals surface area contributed by atoms with Crippen LogP contribution in [0.5, 0.6) is 5.75 Å². The average molecular weight is 348 g/mol. The first-order valence-corrected chi connectivity index (χ1v) is 8.05.